The third kappa shape index (κ3) is 4.55. The van der Waals surface area contributed by atoms with Crippen LogP contribution in [-0.4, -0.2) is 26.3 Å². The molecule has 0 amide bonds. The molecule has 0 bridgehead atoms. The van der Waals surface area contributed by atoms with E-state index in [4.69, 9.17) is 0 Å². The van der Waals surface area contributed by atoms with Crippen molar-refractivity contribution in [2.75, 3.05) is 7.11 Å². The molecule has 0 saturated heterocycles. The van der Waals surface area contributed by atoms with Crippen molar-refractivity contribution in [3.63, 3.8) is 0 Å². The summed E-state index contributed by atoms with van der Waals surface area (Å²) in [5.41, 5.74) is -1.50. The Kier molecular flexibility index (Phi) is 6.64. The van der Waals surface area contributed by atoms with Crippen molar-refractivity contribution in [2.45, 2.75) is 0 Å². The number of carbonyl (C=O) groups excluding carboxylic acids is 2. The number of aldehydes is 1. The summed E-state index contributed by atoms with van der Waals surface area (Å²) < 4.78 is 41.6. The van der Waals surface area contributed by atoms with Gasteiger partial charge in [0.25, 0.3) is 0 Å². The topological polar surface area (TPSA) is 43.4 Å². The Morgan fingerprint density at radius 3 is 2.29 bits per heavy atom. The van der Waals surface area contributed by atoms with Gasteiger partial charge in [0.05, 0.1) is 12.7 Å². The SMILES string of the molecule is COC(=O)c1cc(C=O)cc([B-](F)(F)F)c1.[K+]. The summed E-state index contributed by atoms with van der Waals surface area (Å²) in [5, 5.41) is 0. The minimum Gasteiger partial charge on any atom is -0.465 e. The molecular weight excluding hydrogens is 263 g/mol. The van der Waals surface area contributed by atoms with Crippen LogP contribution in [0.4, 0.5) is 12.9 Å². The first-order valence-corrected chi connectivity index (χ1v) is 4.27. The van der Waals surface area contributed by atoms with Crippen molar-refractivity contribution < 1.29 is 78.7 Å². The number of halogens is 3. The Morgan fingerprint density at radius 2 is 1.88 bits per heavy atom. The van der Waals surface area contributed by atoms with Crippen LogP contribution < -0.4 is 56.8 Å². The van der Waals surface area contributed by atoms with Gasteiger partial charge < -0.3 is 17.7 Å². The van der Waals surface area contributed by atoms with Gasteiger partial charge in [-0.25, -0.2) is 4.79 Å². The van der Waals surface area contributed by atoms with Crippen LogP contribution in [0, 0.1) is 0 Å². The summed E-state index contributed by atoms with van der Waals surface area (Å²) in [5.74, 6) is -0.912. The van der Waals surface area contributed by atoms with E-state index in [2.05, 4.69) is 4.74 Å². The van der Waals surface area contributed by atoms with Gasteiger partial charge >= 0.3 is 64.3 Å². The zero-order valence-electron chi connectivity index (χ0n) is 9.25. The Morgan fingerprint density at radius 1 is 1.29 bits per heavy atom. The van der Waals surface area contributed by atoms with Crippen LogP contribution in [0.1, 0.15) is 20.7 Å². The normalized spacial score (nSPS) is 10.4. The second-order valence-corrected chi connectivity index (χ2v) is 3.07. The van der Waals surface area contributed by atoms with Crippen molar-refractivity contribution >= 4 is 24.7 Å². The molecule has 0 aromatic heterocycles. The third-order valence-corrected chi connectivity index (χ3v) is 1.91. The van der Waals surface area contributed by atoms with Gasteiger partial charge in [-0.3, -0.25) is 4.79 Å². The van der Waals surface area contributed by atoms with Gasteiger partial charge in [-0.15, -0.1) is 5.46 Å². The molecular formula is C9H7BF3KO3. The van der Waals surface area contributed by atoms with Crippen molar-refractivity contribution in [3.05, 3.63) is 29.3 Å². The van der Waals surface area contributed by atoms with E-state index >= 15 is 0 Å². The van der Waals surface area contributed by atoms with Crippen molar-refractivity contribution in [1.29, 1.82) is 0 Å². The number of ether oxygens (including phenoxy) is 1. The number of esters is 1. The number of hydrogen-bond donors (Lipinski definition) is 0. The van der Waals surface area contributed by atoms with Crippen molar-refractivity contribution in [2.24, 2.45) is 0 Å². The maximum absolute atomic E-state index is 12.4. The predicted octanol–water partition coefficient (Wildman–Crippen LogP) is -1.66. The fourth-order valence-corrected chi connectivity index (χ4v) is 1.17. The van der Waals surface area contributed by atoms with Gasteiger partial charge in [-0.2, -0.15) is 0 Å². The van der Waals surface area contributed by atoms with Gasteiger partial charge in [0, 0.05) is 5.56 Å². The van der Waals surface area contributed by atoms with Gasteiger partial charge in [-0.1, -0.05) is 12.1 Å². The number of benzene rings is 1. The average molecular weight is 270 g/mol. The van der Waals surface area contributed by atoms with E-state index in [-0.39, 0.29) is 68.8 Å². The second kappa shape index (κ2) is 6.70. The van der Waals surface area contributed by atoms with Gasteiger partial charge in [0.15, 0.2) is 0 Å². The molecule has 17 heavy (non-hydrogen) atoms. The Labute approximate surface area is 138 Å². The first-order valence-electron chi connectivity index (χ1n) is 4.27. The largest absolute Gasteiger partial charge is 1.00 e. The van der Waals surface area contributed by atoms with E-state index in [1.807, 2.05) is 0 Å². The first kappa shape index (κ1) is 16.9. The van der Waals surface area contributed by atoms with Crippen LogP contribution in [0.3, 0.4) is 0 Å². The zero-order valence-corrected chi connectivity index (χ0v) is 12.4. The molecule has 0 aliphatic rings. The predicted molar refractivity (Wildman–Crippen MR) is 51.9 cm³/mol. The molecule has 86 valence electrons. The molecule has 0 atom stereocenters. The first-order chi connectivity index (χ1) is 7.38. The van der Waals surface area contributed by atoms with E-state index in [9.17, 15) is 22.5 Å². The average Bonchev–Trinajstić information content (AvgIpc) is 2.26. The second-order valence-electron chi connectivity index (χ2n) is 3.07. The van der Waals surface area contributed by atoms with Gasteiger partial charge in [0.1, 0.15) is 6.29 Å². The summed E-state index contributed by atoms with van der Waals surface area (Å²) in [7, 11) is 1.05. The van der Waals surface area contributed by atoms with Gasteiger partial charge in [0.2, 0.25) is 0 Å². The molecule has 0 aliphatic heterocycles. The Hall–Kier alpha value is -0.149. The molecule has 0 saturated carbocycles. The smallest absolute Gasteiger partial charge is 0.465 e. The van der Waals surface area contributed by atoms with Crippen molar-refractivity contribution in [3.8, 4) is 0 Å². The number of rotatable bonds is 3. The molecule has 0 heterocycles. The maximum atomic E-state index is 12.4. The van der Waals surface area contributed by atoms with E-state index in [0.29, 0.717) is 12.1 Å². The van der Waals surface area contributed by atoms with Crippen LogP contribution in [0.5, 0.6) is 0 Å². The third-order valence-electron chi connectivity index (χ3n) is 1.91. The number of carbonyl (C=O) groups is 2. The summed E-state index contributed by atoms with van der Waals surface area (Å²) in [4.78, 5) is 21.5. The minimum atomic E-state index is -5.25. The van der Waals surface area contributed by atoms with Gasteiger partial charge in [-0.05, 0) is 6.07 Å². The summed E-state index contributed by atoms with van der Waals surface area (Å²) in [6.07, 6.45) is 0.248. The van der Waals surface area contributed by atoms with E-state index < -0.39 is 18.4 Å². The summed E-state index contributed by atoms with van der Waals surface area (Å²) >= 11 is 0. The number of hydrogen-bond acceptors (Lipinski definition) is 3. The molecule has 0 fully saturated rings. The molecule has 1 aromatic carbocycles. The molecule has 0 unspecified atom stereocenters. The van der Waals surface area contributed by atoms with Crippen LogP contribution >= 0.6 is 0 Å². The summed E-state index contributed by atoms with van der Waals surface area (Å²) in [6, 6.07) is 2.41. The minimum absolute atomic E-state index is 0. The van der Waals surface area contributed by atoms with Crippen LogP contribution in [0.2, 0.25) is 0 Å². The van der Waals surface area contributed by atoms with Crippen molar-refractivity contribution in [1.82, 2.24) is 0 Å². The van der Waals surface area contributed by atoms with E-state index in [1.165, 1.54) is 0 Å². The quantitative estimate of drug-likeness (QED) is 0.375. The molecule has 0 spiro atoms. The van der Waals surface area contributed by atoms with Crippen LogP contribution in [0.15, 0.2) is 18.2 Å². The van der Waals surface area contributed by atoms with E-state index in [0.717, 1.165) is 13.2 Å². The Bertz CT molecular complexity index is 434. The fourth-order valence-electron chi connectivity index (χ4n) is 1.17. The molecule has 0 radical (unpaired) electrons. The maximum Gasteiger partial charge on any atom is 1.00 e. The molecule has 0 N–H and O–H groups in total. The molecule has 3 nitrogen and oxygen atoms in total. The number of methoxy groups -OCH3 is 1. The zero-order chi connectivity index (χ0) is 12.3. The molecule has 1 aromatic rings. The monoisotopic (exact) mass is 270 g/mol. The standard InChI is InChI=1S/C9H7BF3O3.K/c1-16-9(15)7-2-6(5-14)3-8(4-7)10(11,12)13;/h2-5H,1H3;/q-1;+1. The fraction of sp³-hybridized carbons (Fsp3) is 0.111. The molecule has 1 rings (SSSR count). The van der Waals surface area contributed by atoms with Crippen LogP contribution in [0.25, 0.3) is 0 Å². The van der Waals surface area contributed by atoms with E-state index in [1.54, 1.807) is 0 Å². The van der Waals surface area contributed by atoms with Crippen LogP contribution in [-0.2, 0) is 4.74 Å². The summed E-state index contributed by atoms with van der Waals surface area (Å²) in [6.45, 7) is -5.25. The molecule has 8 heteroatoms. The Balaban J connectivity index is 0.00000256. The molecule has 0 aliphatic carbocycles.